The summed E-state index contributed by atoms with van der Waals surface area (Å²) in [5, 5.41) is 13.2. The van der Waals surface area contributed by atoms with Crippen molar-refractivity contribution < 1.29 is 14.6 Å². The molecule has 6 nitrogen and oxygen atoms in total. The lowest BCUT2D eigenvalue weighted by atomic mass is 9.89. The van der Waals surface area contributed by atoms with Crippen molar-refractivity contribution in [3.05, 3.63) is 45.7 Å². The Morgan fingerprint density at radius 3 is 2.79 bits per heavy atom. The number of aryl methyl sites for hydroxylation is 3. The third-order valence-electron chi connectivity index (χ3n) is 4.32. The molecule has 1 aliphatic carbocycles. The quantitative estimate of drug-likeness (QED) is 0.823. The van der Waals surface area contributed by atoms with Crippen molar-refractivity contribution in [1.82, 2.24) is 9.78 Å². The number of carboxylic acids is 1. The predicted molar refractivity (Wildman–Crippen MR) is 89.4 cm³/mol. The topological polar surface area (TPSA) is 81.4 Å². The van der Waals surface area contributed by atoms with Crippen LogP contribution in [0.2, 0.25) is 0 Å². The van der Waals surface area contributed by atoms with Gasteiger partial charge in [0, 0.05) is 24.6 Å². The molecule has 1 aliphatic rings. The van der Waals surface area contributed by atoms with Crippen LogP contribution < -0.4 is 10.3 Å². The van der Waals surface area contributed by atoms with E-state index in [2.05, 4.69) is 5.10 Å². The number of aliphatic carboxylic acids is 1. The number of nitrogens with zero attached hydrogens (tertiary/aromatic N) is 2. The van der Waals surface area contributed by atoms with Crippen LogP contribution in [0.25, 0.3) is 11.3 Å². The number of unbranched alkanes of at least 4 members (excludes halogenated alkanes) is 1. The zero-order valence-electron chi connectivity index (χ0n) is 13.6. The second-order valence-corrected chi connectivity index (χ2v) is 5.95. The van der Waals surface area contributed by atoms with E-state index in [-0.39, 0.29) is 12.0 Å². The number of carbonyl (C=O) groups is 1. The van der Waals surface area contributed by atoms with E-state index in [1.807, 2.05) is 18.2 Å². The minimum atomic E-state index is -0.816. The van der Waals surface area contributed by atoms with Gasteiger partial charge in [-0.3, -0.25) is 9.59 Å². The second kappa shape index (κ2) is 6.86. The van der Waals surface area contributed by atoms with Crippen LogP contribution in [0.1, 0.15) is 30.4 Å². The zero-order valence-corrected chi connectivity index (χ0v) is 13.6. The normalized spacial score (nSPS) is 12.4. The first-order valence-electron chi connectivity index (χ1n) is 8.08. The maximum absolute atomic E-state index is 12.2. The maximum atomic E-state index is 12.2. The first-order valence-corrected chi connectivity index (χ1v) is 8.08. The summed E-state index contributed by atoms with van der Waals surface area (Å²) in [5.41, 5.74) is 3.90. The lowest BCUT2D eigenvalue weighted by Gasteiger charge is -2.20. The van der Waals surface area contributed by atoms with Crippen molar-refractivity contribution in [1.29, 1.82) is 0 Å². The number of rotatable bonds is 6. The van der Waals surface area contributed by atoms with E-state index in [1.54, 1.807) is 13.2 Å². The van der Waals surface area contributed by atoms with Crippen LogP contribution in [0.3, 0.4) is 0 Å². The molecule has 0 bridgehead atoms. The van der Waals surface area contributed by atoms with Gasteiger partial charge in [0.1, 0.15) is 5.75 Å². The summed E-state index contributed by atoms with van der Waals surface area (Å²) >= 11 is 0. The average molecular weight is 328 g/mol. The Morgan fingerprint density at radius 2 is 2.04 bits per heavy atom. The van der Waals surface area contributed by atoms with Crippen molar-refractivity contribution in [2.45, 2.75) is 38.6 Å². The molecule has 1 heterocycles. The van der Waals surface area contributed by atoms with E-state index >= 15 is 0 Å². The van der Waals surface area contributed by atoms with Gasteiger partial charge in [0.05, 0.1) is 12.8 Å². The van der Waals surface area contributed by atoms with E-state index in [0.29, 0.717) is 19.4 Å². The zero-order chi connectivity index (χ0) is 17.1. The Kier molecular flexibility index (Phi) is 4.64. The summed E-state index contributed by atoms with van der Waals surface area (Å²) in [5.74, 6) is 0.00261. The van der Waals surface area contributed by atoms with Crippen LogP contribution in [-0.4, -0.2) is 28.0 Å². The summed E-state index contributed by atoms with van der Waals surface area (Å²) in [6.07, 6.45) is 2.92. The number of ether oxygens (including phenoxy) is 1. The van der Waals surface area contributed by atoms with Crippen LogP contribution in [-0.2, 0) is 24.2 Å². The minimum Gasteiger partial charge on any atom is -0.497 e. The molecule has 1 aromatic carbocycles. The van der Waals surface area contributed by atoms with Gasteiger partial charge in [-0.15, -0.1) is 0 Å². The van der Waals surface area contributed by atoms with E-state index in [9.17, 15) is 9.59 Å². The molecule has 126 valence electrons. The summed E-state index contributed by atoms with van der Waals surface area (Å²) in [4.78, 5) is 22.8. The van der Waals surface area contributed by atoms with Gasteiger partial charge in [-0.25, -0.2) is 4.68 Å². The molecule has 1 aromatic heterocycles. The van der Waals surface area contributed by atoms with E-state index in [4.69, 9.17) is 9.84 Å². The van der Waals surface area contributed by atoms with Crippen molar-refractivity contribution in [2.24, 2.45) is 0 Å². The number of fused-ring (bicyclic) bond motifs is 3. The van der Waals surface area contributed by atoms with Crippen LogP contribution >= 0.6 is 0 Å². The summed E-state index contributed by atoms with van der Waals surface area (Å²) in [6.45, 7) is 0.435. The van der Waals surface area contributed by atoms with Gasteiger partial charge in [-0.1, -0.05) is 0 Å². The highest BCUT2D eigenvalue weighted by Gasteiger charge is 2.19. The molecular weight excluding hydrogens is 308 g/mol. The van der Waals surface area contributed by atoms with Crippen molar-refractivity contribution >= 4 is 5.97 Å². The third kappa shape index (κ3) is 3.32. The molecule has 0 fully saturated rings. The van der Waals surface area contributed by atoms with Gasteiger partial charge in [0.25, 0.3) is 5.56 Å². The highest BCUT2D eigenvalue weighted by atomic mass is 16.5. The van der Waals surface area contributed by atoms with Crippen molar-refractivity contribution in [3.63, 3.8) is 0 Å². The predicted octanol–water partition coefficient (Wildman–Crippen LogP) is 2.27. The SMILES string of the molecule is COc1ccc2c(c1)CCc1cc(=O)n(CCCCC(=O)O)nc1-2. The molecule has 0 saturated heterocycles. The van der Waals surface area contributed by atoms with Crippen molar-refractivity contribution in [2.75, 3.05) is 7.11 Å². The van der Waals surface area contributed by atoms with Crippen molar-refractivity contribution in [3.8, 4) is 17.0 Å². The molecule has 0 unspecified atom stereocenters. The Balaban J connectivity index is 1.87. The Bertz CT molecular complexity index is 826. The molecule has 0 radical (unpaired) electrons. The molecular formula is C18H20N2O4. The van der Waals surface area contributed by atoms with Gasteiger partial charge < -0.3 is 9.84 Å². The first kappa shape index (κ1) is 16.2. The highest BCUT2D eigenvalue weighted by molar-refractivity contribution is 5.70. The number of carboxylic acid groups (broad SMARTS) is 1. The van der Waals surface area contributed by atoms with Gasteiger partial charge >= 0.3 is 5.97 Å². The summed E-state index contributed by atoms with van der Waals surface area (Å²) < 4.78 is 6.72. The van der Waals surface area contributed by atoms with Gasteiger partial charge in [-0.05, 0) is 55.0 Å². The Hall–Kier alpha value is -2.63. The molecule has 2 aromatic rings. The molecule has 3 rings (SSSR count). The second-order valence-electron chi connectivity index (χ2n) is 5.95. The molecule has 6 heteroatoms. The largest absolute Gasteiger partial charge is 0.497 e. The summed E-state index contributed by atoms with van der Waals surface area (Å²) in [6, 6.07) is 7.56. The van der Waals surface area contributed by atoms with Gasteiger partial charge in [0.2, 0.25) is 0 Å². The van der Waals surface area contributed by atoms with Gasteiger partial charge in [-0.2, -0.15) is 5.10 Å². The Labute approximate surface area is 139 Å². The van der Waals surface area contributed by atoms with E-state index in [1.165, 1.54) is 10.2 Å². The molecule has 0 amide bonds. The number of hydrogen-bond donors (Lipinski definition) is 1. The molecule has 0 aliphatic heterocycles. The van der Waals surface area contributed by atoms with Gasteiger partial charge in [0.15, 0.2) is 0 Å². The average Bonchev–Trinajstić information content (AvgIpc) is 2.58. The summed E-state index contributed by atoms with van der Waals surface area (Å²) in [7, 11) is 1.64. The highest BCUT2D eigenvalue weighted by Crippen LogP contribution is 2.33. The number of benzene rings is 1. The molecule has 0 atom stereocenters. The lowest BCUT2D eigenvalue weighted by Crippen LogP contribution is -2.25. The molecule has 0 saturated carbocycles. The van der Waals surface area contributed by atoms with Crippen LogP contribution in [0.4, 0.5) is 0 Å². The number of hydrogen-bond acceptors (Lipinski definition) is 4. The number of aromatic nitrogens is 2. The maximum Gasteiger partial charge on any atom is 0.303 e. The molecule has 24 heavy (non-hydrogen) atoms. The smallest absolute Gasteiger partial charge is 0.303 e. The first-order chi connectivity index (χ1) is 11.6. The monoisotopic (exact) mass is 328 g/mol. The third-order valence-corrected chi connectivity index (χ3v) is 4.32. The molecule has 0 spiro atoms. The van der Waals surface area contributed by atoms with Crippen LogP contribution in [0.5, 0.6) is 5.75 Å². The Morgan fingerprint density at radius 1 is 1.25 bits per heavy atom. The minimum absolute atomic E-state index is 0.113. The number of methoxy groups -OCH3 is 1. The standard InChI is InChI=1S/C18H20N2O4/c1-24-14-7-8-15-12(10-14)5-6-13-11-16(21)20(19-18(13)15)9-3-2-4-17(22)23/h7-8,10-11H,2-6,9H2,1H3,(H,22,23). The molecule has 1 N–H and O–H groups in total. The lowest BCUT2D eigenvalue weighted by molar-refractivity contribution is -0.137. The fraction of sp³-hybridized carbons (Fsp3) is 0.389. The fourth-order valence-electron chi connectivity index (χ4n) is 3.05. The fourth-order valence-corrected chi connectivity index (χ4v) is 3.05. The van der Waals surface area contributed by atoms with Crippen LogP contribution in [0.15, 0.2) is 29.1 Å². The van der Waals surface area contributed by atoms with E-state index in [0.717, 1.165) is 35.4 Å². The van der Waals surface area contributed by atoms with Crippen LogP contribution in [0, 0.1) is 0 Å². The van der Waals surface area contributed by atoms with E-state index < -0.39 is 5.97 Å².